The maximum absolute atomic E-state index is 12.4. The van der Waals surface area contributed by atoms with Crippen LogP contribution < -0.4 is 10.2 Å². The summed E-state index contributed by atoms with van der Waals surface area (Å²) in [7, 11) is -1.26. The molecule has 24 heavy (non-hydrogen) atoms. The lowest BCUT2D eigenvalue weighted by molar-refractivity contribution is -0.123. The van der Waals surface area contributed by atoms with E-state index in [1.807, 2.05) is 20.8 Å². The number of amides is 1. The molecule has 0 aliphatic carbocycles. The number of likely N-dealkylation sites (N-methyl/N-ethyl adjacent to an activating group) is 1. The van der Waals surface area contributed by atoms with E-state index in [-0.39, 0.29) is 10.8 Å². The van der Waals surface area contributed by atoms with Gasteiger partial charge < -0.3 is 15.1 Å². The van der Waals surface area contributed by atoms with Crippen LogP contribution in [-0.2, 0) is 14.6 Å². The molecule has 2 rings (SSSR count). The average Bonchev–Trinajstić information content (AvgIpc) is 2.46. The van der Waals surface area contributed by atoms with Crippen molar-refractivity contribution in [3.63, 3.8) is 0 Å². The van der Waals surface area contributed by atoms with Gasteiger partial charge in [0.15, 0.2) is 9.84 Å². The normalized spacial score (nSPS) is 17.0. The first-order valence-corrected chi connectivity index (χ1v) is 9.97. The lowest BCUT2D eigenvalue weighted by Gasteiger charge is -2.35. The third-order valence-corrected chi connectivity index (χ3v) is 5.28. The van der Waals surface area contributed by atoms with Crippen LogP contribution in [0.3, 0.4) is 0 Å². The summed E-state index contributed by atoms with van der Waals surface area (Å²) in [4.78, 5) is 17.0. The highest BCUT2D eigenvalue weighted by molar-refractivity contribution is 7.90. The topological polar surface area (TPSA) is 69.7 Å². The minimum atomic E-state index is -3.33. The van der Waals surface area contributed by atoms with E-state index in [9.17, 15) is 13.2 Å². The predicted molar refractivity (Wildman–Crippen MR) is 97.3 cm³/mol. The van der Waals surface area contributed by atoms with Crippen LogP contribution in [0, 0.1) is 5.41 Å². The van der Waals surface area contributed by atoms with E-state index in [1.54, 1.807) is 18.2 Å². The van der Waals surface area contributed by atoms with Gasteiger partial charge in [0.25, 0.3) is 0 Å². The van der Waals surface area contributed by atoms with Crippen molar-refractivity contribution in [1.82, 2.24) is 4.90 Å². The van der Waals surface area contributed by atoms with Crippen molar-refractivity contribution < 1.29 is 13.2 Å². The van der Waals surface area contributed by atoms with E-state index in [4.69, 9.17) is 0 Å². The molecule has 0 radical (unpaired) electrons. The maximum Gasteiger partial charge on any atom is 0.229 e. The van der Waals surface area contributed by atoms with Crippen LogP contribution >= 0.6 is 0 Å². The van der Waals surface area contributed by atoms with Gasteiger partial charge >= 0.3 is 0 Å². The predicted octanol–water partition coefficient (Wildman–Crippen LogP) is 1.83. The van der Waals surface area contributed by atoms with Crippen LogP contribution in [0.4, 0.5) is 11.4 Å². The SMILES string of the molecule is CN1CCN(c2ccc(S(C)(=O)=O)cc2NC(=O)C(C)(C)C)CC1. The van der Waals surface area contributed by atoms with Crippen molar-refractivity contribution in [2.75, 3.05) is 49.7 Å². The van der Waals surface area contributed by atoms with Gasteiger partial charge in [0.2, 0.25) is 5.91 Å². The second kappa shape index (κ2) is 6.72. The third kappa shape index (κ3) is 4.48. The summed E-state index contributed by atoms with van der Waals surface area (Å²) in [6.07, 6.45) is 1.17. The molecule has 1 aliphatic heterocycles. The number of sulfone groups is 1. The summed E-state index contributed by atoms with van der Waals surface area (Å²) < 4.78 is 23.7. The highest BCUT2D eigenvalue weighted by atomic mass is 32.2. The smallest absolute Gasteiger partial charge is 0.229 e. The van der Waals surface area contributed by atoms with Crippen LogP contribution in [0.2, 0.25) is 0 Å². The van der Waals surface area contributed by atoms with Crippen molar-refractivity contribution in [3.8, 4) is 0 Å². The first-order valence-electron chi connectivity index (χ1n) is 8.07. The van der Waals surface area contributed by atoms with Gasteiger partial charge in [-0.05, 0) is 25.2 Å². The zero-order valence-electron chi connectivity index (χ0n) is 15.1. The molecule has 1 aromatic carbocycles. The monoisotopic (exact) mass is 353 g/mol. The molecule has 1 fully saturated rings. The fraction of sp³-hybridized carbons (Fsp3) is 0.588. The molecule has 0 unspecified atom stereocenters. The molecule has 1 N–H and O–H groups in total. The Morgan fingerprint density at radius 1 is 1.12 bits per heavy atom. The van der Waals surface area contributed by atoms with Crippen LogP contribution in [0.25, 0.3) is 0 Å². The molecule has 0 spiro atoms. The maximum atomic E-state index is 12.4. The third-order valence-electron chi connectivity index (χ3n) is 4.17. The molecule has 6 nitrogen and oxygen atoms in total. The Morgan fingerprint density at radius 3 is 2.21 bits per heavy atom. The number of piperazine rings is 1. The number of hydrogen-bond donors (Lipinski definition) is 1. The molecule has 1 saturated heterocycles. The first-order chi connectivity index (χ1) is 11.0. The zero-order valence-corrected chi connectivity index (χ0v) is 15.9. The van der Waals surface area contributed by atoms with E-state index in [2.05, 4.69) is 22.2 Å². The van der Waals surface area contributed by atoms with Gasteiger partial charge in [-0.25, -0.2) is 8.42 Å². The molecule has 134 valence electrons. The highest BCUT2D eigenvalue weighted by Gasteiger charge is 2.25. The molecule has 0 saturated carbocycles. The van der Waals surface area contributed by atoms with E-state index < -0.39 is 15.3 Å². The molecule has 1 heterocycles. The van der Waals surface area contributed by atoms with E-state index in [0.29, 0.717) is 5.69 Å². The zero-order chi connectivity index (χ0) is 18.1. The van der Waals surface area contributed by atoms with Crippen molar-refractivity contribution >= 4 is 27.1 Å². The summed E-state index contributed by atoms with van der Waals surface area (Å²) in [6, 6.07) is 4.96. The molecular formula is C17H27N3O3S. The Balaban J connectivity index is 2.40. The minimum absolute atomic E-state index is 0.136. The summed E-state index contributed by atoms with van der Waals surface area (Å²) >= 11 is 0. The van der Waals surface area contributed by atoms with Crippen LogP contribution in [0.1, 0.15) is 20.8 Å². The number of rotatable bonds is 3. The Kier molecular flexibility index (Phi) is 5.25. The summed E-state index contributed by atoms with van der Waals surface area (Å²) in [5.74, 6) is -0.136. The number of anilines is 2. The minimum Gasteiger partial charge on any atom is -0.367 e. The Labute approximate surface area is 144 Å². The van der Waals surface area contributed by atoms with Gasteiger partial charge in [0.1, 0.15) is 0 Å². The Bertz CT molecular complexity index is 715. The van der Waals surface area contributed by atoms with Crippen LogP contribution in [0.5, 0.6) is 0 Å². The Hall–Kier alpha value is -1.60. The molecule has 1 aromatic rings. The molecule has 0 bridgehead atoms. The van der Waals surface area contributed by atoms with Gasteiger partial charge in [0.05, 0.1) is 16.3 Å². The average molecular weight is 353 g/mol. The van der Waals surface area contributed by atoms with Crippen molar-refractivity contribution in [2.24, 2.45) is 5.41 Å². The largest absolute Gasteiger partial charge is 0.367 e. The lowest BCUT2D eigenvalue weighted by atomic mass is 9.95. The second-order valence-corrected chi connectivity index (χ2v) is 9.46. The first kappa shape index (κ1) is 18.7. The van der Waals surface area contributed by atoms with Gasteiger partial charge in [-0.1, -0.05) is 20.8 Å². The lowest BCUT2D eigenvalue weighted by Crippen LogP contribution is -2.44. The summed E-state index contributed by atoms with van der Waals surface area (Å²) in [6.45, 7) is 9.04. The Morgan fingerprint density at radius 2 is 1.71 bits per heavy atom. The molecule has 1 aliphatic rings. The number of carbonyl (C=O) groups excluding carboxylic acids is 1. The van der Waals surface area contributed by atoms with E-state index in [0.717, 1.165) is 31.9 Å². The van der Waals surface area contributed by atoms with Gasteiger partial charge in [-0.15, -0.1) is 0 Å². The number of benzene rings is 1. The number of nitrogens with zero attached hydrogens (tertiary/aromatic N) is 2. The second-order valence-electron chi connectivity index (χ2n) is 7.45. The van der Waals surface area contributed by atoms with E-state index >= 15 is 0 Å². The summed E-state index contributed by atoms with van der Waals surface area (Å²) in [5, 5.41) is 2.91. The number of hydrogen-bond acceptors (Lipinski definition) is 5. The quantitative estimate of drug-likeness (QED) is 0.898. The van der Waals surface area contributed by atoms with Gasteiger partial charge in [0, 0.05) is 37.8 Å². The molecule has 7 heteroatoms. The fourth-order valence-electron chi connectivity index (χ4n) is 2.48. The van der Waals surface area contributed by atoms with Crippen molar-refractivity contribution in [2.45, 2.75) is 25.7 Å². The fourth-order valence-corrected chi connectivity index (χ4v) is 3.13. The van der Waals surface area contributed by atoms with Crippen LogP contribution in [0.15, 0.2) is 23.1 Å². The van der Waals surface area contributed by atoms with Crippen molar-refractivity contribution in [1.29, 1.82) is 0 Å². The molecular weight excluding hydrogens is 326 g/mol. The summed E-state index contributed by atoms with van der Waals surface area (Å²) in [5.41, 5.74) is 0.871. The van der Waals surface area contributed by atoms with Crippen molar-refractivity contribution in [3.05, 3.63) is 18.2 Å². The van der Waals surface area contributed by atoms with Gasteiger partial charge in [-0.2, -0.15) is 0 Å². The van der Waals surface area contributed by atoms with Crippen LogP contribution in [-0.4, -0.2) is 58.7 Å². The molecule has 0 aromatic heterocycles. The van der Waals surface area contributed by atoms with Gasteiger partial charge in [-0.3, -0.25) is 4.79 Å². The van der Waals surface area contributed by atoms with E-state index in [1.165, 1.54) is 6.26 Å². The standard InChI is InChI=1S/C17H27N3O3S/c1-17(2,3)16(21)18-14-12-13(24(5,22)23)6-7-15(14)20-10-8-19(4)9-11-20/h6-7,12H,8-11H2,1-5H3,(H,18,21). The highest BCUT2D eigenvalue weighted by Crippen LogP contribution is 2.31. The molecule has 0 atom stereocenters. The molecule has 1 amide bonds. The number of carbonyl (C=O) groups is 1. The number of nitrogens with one attached hydrogen (secondary N) is 1.